The number of rotatable bonds is 7. The SMILES string of the molecule is C[C@H](C(=O)NCC1(c2ccccc2)CCOCC1)N(c1ccc(Cl)c(Cl)c1)S(C)(=O)=O. The largest absolute Gasteiger partial charge is 0.381 e. The average molecular weight is 485 g/mol. The summed E-state index contributed by atoms with van der Waals surface area (Å²) in [5.74, 6) is -0.390. The first kappa shape index (κ1) is 23.9. The highest BCUT2D eigenvalue weighted by molar-refractivity contribution is 7.92. The number of sulfonamides is 1. The van der Waals surface area contributed by atoms with Crippen molar-refractivity contribution in [2.75, 3.05) is 30.3 Å². The summed E-state index contributed by atoms with van der Waals surface area (Å²) in [6, 6.07) is 13.5. The van der Waals surface area contributed by atoms with Crippen LogP contribution in [-0.2, 0) is 25.0 Å². The Morgan fingerprint density at radius 1 is 1.13 bits per heavy atom. The van der Waals surface area contributed by atoms with Crippen molar-refractivity contribution in [1.29, 1.82) is 0 Å². The highest BCUT2D eigenvalue weighted by Crippen LogP contribution is 2.34. The quantitative estimate of drug-likeness (QED) is 0.643. The fourth-order valence-corrected chi connectivity index (χ4v) is 5.42. The first-order valence-corrected chi connectivity index (χ1v) is 12.6. The normalized spacial score (nSPS) is 17.0. The van der Waals surface area contributed by atoms with Gasteiger partial charge in [0.2, 0.25) is 15.9 Å². The molecule has 0 spiro atoms. The average Bonchev–Trinajstić information content (AvgIpc) is 2.75. The lowest BCUT2D eigenvalue weighted by molar-refractivity contribution is -0.122. The lowest BCUT2D eigenvalue weighted by Gasteiger charge is -2.38. The van der Waals surface area contributed by atoms with Crippen LogP contribution in [0, 0.1) is 0 Å². The Hall–Kier alpha value is -1.80. The molecule has 1 N–H and O–H groups in total. The van der Waals surface area contributed by atoms with Crippen LogP contribution in [0.2, 0.25) is 10.0 Å². The summed E-state index contributed by atoms with van der Waals surface area (Å²) in [6.45, 7) is 3.17. The molecule has 1 heterocycles. The topological polar surface area (TPSA) is 75.7 Å². The van der Waals surface area contributed by atoms with E-state index in [1.807, 2.05) is 18.2 Å². The predicted octanol–water partition coefficient (Wildman–Crippen LogP) is 4.01. The third-order valence-corrected chi connectivity index (χ3v) is 7.66. The van der Waals surface area contributed by atoms with Crippen LogP contribution < -0.4 is 9.62 Å². The Morgan fingerprint density at radius 2 is 1.77 bits per heavy atom. The molecular formula is C22H26Cl2N2O4S. The Labute approximate surface area is 193 Å². The van der Waals surface area contributed by atoms with Gasteiger partial charge in [0.15, 0.2) is 0 Å². The molecule has 0 saturated carbocycles. The molecule has 0 aliphatic carbocycles. The van der Waals surface area contributed by atoms with Gasteiger partial charge in [0.25, 0.3) is 0 Å². The third kappa shape index (κ3) is 5.52. The van der Waals surface area contributed by atoms with Crippen LogP contribution in [0.15, 0.2) is 48.5 Å². The van der Waals surface area contributed by atoms with Crippen molar-refractivity contribution in [3.8, 4) is 0 Å². The molecule has 0 unspecified atom stereocenters. The molecule has 1 atom stereocenters. The molecular weight excluding hydrogens is 459 g/mol. The minimum Gasteiger partial charge on any atom is -0.381 e. The Bertz CT molecular complexity index is 1030. The number of amides is 1. The van der Waals surface area contributed by atoms with Crippen molar-refractivity contribution in [1.82, 2.24) is 5.32 Å². The molecule has 6 nitrogen and oxygen atoms in total. The number of anilines is 1. The summed E-state index contributed by atoms with van der Waals surface area (Å²) in [5, 5.41) is 3.50. The first-order chi connectivity index (χ1) is 14.6. The Morgan fingerprint density at radius 3 is 2.35 bits per heavy atom. The Kier molecular flexibility index (Phi) is 7.52. The van der Waals surface area contributed by atoms with Crippen LogP contribution in [0.1, 0.15) is 25.3 Å². The summed E-state index contributed by atoms with van der Waals surface area (Å²) < 4.78 is 31.6. The number of nitrogens with one attached hydrogen (secondary N) is 1. The summed E-state index contributed by atoms with van der Waals surface area (Å²) >= 11 is 12.0. The molecule has 2 aromatic carbocycles. The minimum absolute atomic E-state index is 0.214. The van der Waals surface area contributed by atoms with Gasteiger partial charge in [-0.1, -0.05) is 53.5 Å². The predicted molar refractivity (Wildman–Crippen MR) is 124 cm³/mol. The van der Waals surface area contributed by atoms with Crippen molar-refractivity contribution >= 4 is 44.8 Å². The van der Waals surface area contributed by atoms with Crippen LogP contribution >= 0.6 is 23.2 Å². The molecule has 1 amide bonds. The van der Waals surface area contributed by atoms with Crippen molar-refractivity contribution in [3.63, 3.8) is 0 Å². The van der Waals surface area contributed by atoms with Gasteiger partial charge in [-0.2, -0.15) is 0 Å². The second-order valence-electron chi connectivity index (χ2n) is 7.81. The number of hydrogen-bond acceptors (Lipinski definition) is 4. The van der Waals surface area contributed by atoms with Crippen LogP contribution in [0.4, 0.5) is 5.69 Å². The highest BCUT2D eigenvalue weighted by atomic mass is 35.5. The molecule has 1 aliphatic rings. The van der Waals surface area contributed by atoms with Gasteiger partial charge < -0.3 is 10.1 Å². The maximum atomic E-state index is 13.1. The van der Waals surface area contributed by atoms with E-state index >= 15 is 0 Å². The molecule has 31 heavy (non-hydrogen) atoms. The fraction of sp³-hybridized carbons (Fsp3) is 0.409. The molecule has 9 heteroatoms. The zero-order valence-corrected chi connectivity index (χ0v) is 19.8. The fourth-order valence-electron chi connectivity index (χ4n) is 3.96. The summed E-state index contributed by atoms with van der Waals surface area (Å²) in [7, 11) is -3.75. The third-order valence-electron chi connectivity index (χ3n) is 5.68. The maximum Gasteiger partial charge on any atom is 0.243 e. The van der Waals surface area contributed by atoms with E-state index in [2.05, 4.69) is 17.4 Å². The molecule has 1 fully saturated rings. The number of nitrogens with zero attached hydrogens (tertiary/aromatic N) is 1. The number of carbonyl (C=O) groups excluding carboxylic acids is 1. The van der Waals surface area contributed by atoms with Gasteiger partial charge in [0.05, 0.1) is 22.0 Å². The lowest BCUT2D eigenvalue weighted by Crippen LogP contribution is -2.51. The molecule has 1 aliphatic heterocycles. The molecule has 0 aromatic heterocycles. The van der Waals surface area contributed by atoms with E-state index in [0.717, 1.165) is 29.0 Å². The minimum atomic E-state index is -3.75. The van der Waals surface area contributed by atoms with E-state index in [4.69, 9.17) is 27.9 Å². The van der Waals surface area contributed by atoms with Crippen molar-refractivity contribution in [2.45, 2.75) is 31.2 Å². The van der Waals surface area contributed by atoms with Crippen LogP contribution in [0.5, 0.6) is 0 Å². The number of ether oxygens (including phenoxy) is 1. The van der Waals surface area contributed by atoms with E-state index in [1.165, 1.54) is 18.2 Å². The lowest BCUT2D eigenvalue weighted by atomic mass is 9.74. The van der Waals surface area contributed by atoms with Gasteiger partial charge in [-0.3, -0.25) is 9.10 Å². The molecule has 0 bridgehead atoms. The molecule has 0 radical (unpaired) electrons. The second kappa shape index (κ2) is 9.77. The van der Waals surface area contributed by atoms with Crippen molar-refractivity contribution in [3.05, 3.63) is 64.1 Å². The highest BCUT2D eigenvalue weighted by Gasteiger charge is 2.36. The number of halogens is 2. The van der Waals surface area contributed by atoms with E-state index in [9.17, 15) is 13.2 Å². The van der Waals surface area contributed by atoms with Gasteiger partial charge in [-0.05, 0) is 43.5 Å². The van der Waals surface area contributed by atoms with E-state index < -0.39 is 22.0 Å². The van der Waals surface area contributed by atoms with Gasteiger partial charge in [0, 0.05) is 25.2 Å². The second-order valence-corrected chi connectivity index (χ2v) is 10.5. The summed E-state index contributed by atoms with van der Waals surface area (Å²) in [4.78, 5) is 13.1. The number of carbonyl (C=O) groups is 1. The zero-order valence-electron chi connectivity index (χ0n) is 17.5. The summed E-state index contributed by atoms with van der Waals surface area (Å²) in [6.07, 6.45) is 2.60. The number of hydrogen-bond donors (Lipinski definition) is 1. The smallest absolute Gasteiger partial charge is 0.243 e. The number of benzene rings is 2. The summed E-state index contributed by atoms with van der Waals surface area (Å²) in [5.41, 5.74) is 1.16. The zero-order chi connectivity index (χ0) is 22.6. The van der Waals surface area contributed by atoms with E-state index in [1.54, 1.807) is 6.92 Å². The monoisotopic (exact) mass is 484 g/mol. The van der Waals surface area contributed by atoms with Crippen LogP contribution in [0.3, 0.4) is 0 Å². The van der Waals surface area contributed by atoms with E-state index in [-0.39, 0.29) is 16.1 Å². The standard InChI is InChI=1S/C22H26Cl2N2O4S/c1-16(26(31(2,28)29)18-8-9-19(23)20(24)14-18)21(27)25-15-22(10-12-30-13-11-22)17-6-4-3-5-7-17/h3-9,14,16H,10-13,15H2,1-2H3,(H,25,27)/t16-/m1/s1. The Balaban J connectivity index is 1.82. The van der Waals surface area contributed by atoms with Gasteiger partial charge in [-0.25, -0.2) is 8.42 Å². The van der Waals surface area contributed by atoms with Crippen LogP contribution in [0.25, 0.3) is 0 Å². The molecule has 1 saturated heterocycles. The maximum absolute atomic E-state index is 13.1. The van der Waals surface area contributed by atoms with Gasteiger partial charge >= 0.3 is 0 Å². The van der Waals surface area contributed by atoms with Crippen LogP contribution in [-0.4, -0.2) is 46.4 Å². The van der Waals surface area contributed by atoms with Gasteiger partial charge in [0.1, 0.15) is 6.04 Å². The molecule has 2 aromatic rings. The van der Waals surface area contributed by atoms with Crippen molar-refractivity contribution < 1.29 is 17.9 Å². The molecule has 3 rings (SSSR count). The van der Waals surface area contributed by atoms with E-state index in [0.29, 0.717) is 24.8 Å². The first-order valence-electron chi connectivity index (χ1n) is 9.99. The van der Waals surface area contributed by atoms with Crippen molar-refractivity contribution in [2.24, 2.45) is 0 Å². The van der Waals surface area contributed by atoms with Gasteiger partial charge in [-0.15, -0.1) is 0 Å². The molecule has 168 valence electrons.